The highest BCUT2D eigenvalue weighted by molar-refractivity contribution is 6.32. The minimum Gasteiger partial charge on any atom is -0.511 e. The van der Waals surface area contributed by atoms with Gasteiger partial charge in [-0.1, -0.05) is 26.7 Å². The molecule has 1 saturated carbocycles. The van der Waals surface area contributed by atoms with Gasteiger partial charge >= 0.3 is 0 Å². The molecule has 2 rings (SSSR count). The molecule has 1 heterocycles. The van der Waals surface area contributed by atoms with E-state index >= 15 is 0 Å². The third-order valence-electron chi connectivity index (χ3n) is 4.59. The number of likely N-dealkylation sites (N-methyl/N-ethyl adjacent to an activating group) is 1. The van der Waals surface area contributed by atoms with Crippen LogP contribution in [0.25, 0.3) is 0 Å². The molecular weight excluding hydrogens is 268 g/mol. The minimum absolute atomic E-state index is 0.0404. The van der Waals surface area contributed by atoms with Gasteiger partial charge in [0.15, 0.2) is 0 Å². The molecule has 0 unspecified atom stereocenters. The summed E-state index contributed by atoms with van der Waals surface area (Å²) in [5, 5.41) is 10.1. The number of carbonyl (C=O) groups excluding carboxylic acids is 2. The van der Waals surface area contributed by atoms with Crippen molar-refractivity contribution in [3.05, 3.63) is 11.3 Å². The first-order valence-corrected chi connectivity index (χ1v) is 7.80. The van der Waals surface area contributed by atoms with Crippen LogP contribution in [0, 0.1) is 0 Å². The summed E-state index contributed by atoms with van der Waals surface area (Å²) in [5.74, 6) is -0.374. The molecule has 1 N–H and O–H groups in total. The summed E-state index contributed by atoms with van der Waals surface area (Å²) in [5.41, 5.74) is 0.274. The fourth-order valence-electron chi connectivity index (χ4n) is 3.38. The molecule has 0 atom stereocenters. The summed E-state index contributed by atoms with van der Waals surface area (Å²) in [6.45, 7) is 3.72. The van der Waals surface area contributed by atoms with Gasteiger partial charge in [-0.3, -0.25) is 9.59 Å². The van der Waals surface area contributed by atoms with Crippen LogP contribution in [0.3, 0.4) is 0 Å². The number of allylic oxidation sites excluding steroid dienone is 1. The molecule has 0 aromatic heterocycles. The summed E-state index contributed by atoms with van der Waals surface area (Å²) < 4.78 is 0. The molecular formula is C16H24N2O3. The van der Waals surface area contributed by atoms with Gasteiger partial charge in [-0.25, -0.2) is 4.99 Å². The number of aliphatic hydroxyl groups excluding tert-OH is 1. The van der Waals surface area contributed by atoms with Crippen LogP contribution in [-0.4, -0.2) is 40.1 Å². The Bertz CT molecular complexity index is 514. The SMILES string of the molecule is CCCC(=O)N=C1/C(=C(/O)CC)C(=O)N(C)C12CCCC2. The number of likely N-dealkylation sites (tertiary alicyclic amines) is 1. The Labute approximate surface area is 125 Å². The molecule has 21 heavy (non-hydrogen) atoms. The Morgan fingerprint density at radius 2 is 1.95 bits per heavy atom. The number of hydrogen-bond acceptors (Lipinski definition) is 3. The van der Waals surface area contributed by atoms with Crippen LogP contribution in [0.1, 0.15) is 58.8 Å². The van der Waals surface area contributed by atoms with Crippen LogP contribution in [0.5, 0.6) is 0 Å². The number of aliphatic hydroxyl groups is 1. The molecule has 2 fully saturated rings. The van der Waals surface area contributed by atoms with E-state index in [1.54, 1.807) is 18.9 Å². The molecule has 1 aliphatic heterocycles. The maximum atomic E-state index is 12.5. The average molecular weight is 292 g/mol. The molecule has 0 bridgehead atoms. The first-order valence-electron chi connectivity index (χ1n) is 7.80. The first-order chi connectivity index (χ1) is 9.97. The number of nitrogens with zero attached hydrogens (tertiary/aromatic N) is 2. The summed E-state index contributed by atoms with van der Waals surface area (Å²) in [6, 6.07) is 0. The Hall–Kier alpha value is -1.65. The zero-order valence-electron chi connectivity index (χ0n) is 13.1. The maximum Gasteiger partial charge on any atom is 0.259 e. The molecule has 1 aliphatic carbocycles. The highest BCUT2D eigenvalue weighted by atomic mass is 16.3. The Morgan fingerprint density at radius 3 is 2.48 bits per heavy atom. The van der Waals surface area contributed by atoms with E-state index in [0.717, 1.165) is 32.1 Å². The van der Waals surface area contributed by atoms with Gasteiger partial charge in [0.05, 0.1) is 11.3 Å². The molecule has 116 valence electrons. The van der Waals surface area contributed by atoms with Crippen molar-refractivity contribution in [2.24, 2.45) is 4.99 Å². The molecule has 0 aromatic carbocycles. The van der Waals surface area contributed by atoms with Crippen LogP contribution in [-0.2, 0) is 9.59 Å². The number of hydrogen-bond donors (Lipinski definition) is 1. The molecule has 1 spiro atoms. The summed E-state index contributed by atoms with van der Waals surface area (Å²) in [6.07, 6.45) is 5.12. The van der Waals surface area contributed by atoms with Crippen molar-refractivity contribution >= 4 is 17.5 Å². The Balaban J connectivity index is 2.56. The van der Waals surface area contributed by atoms with Crippen molar-refractivity contribution in [2.45, 2.75) is 64.3 Å². The largest absolute Gasteiger partial charge is 0.511 e. The predicted octanol–water partition coefficient (Wildman–Crippen LogP) is 2.76. The lowest BCUT2D eigenvalue weighted by atomic mass is 9.89. The molecule has 1 saturated heterocycles. The van der Waals surface area contributed by atoms with E-state index in [0.29, 0.717) is 18.6 Å². The Kier molecular flexibility index (Phi) is 4.49. The zero-order valence-corrected chi connectivity index (χ0v) is 13.1. The number of aliphatic imine (C=N–C) groups is 1. The number of rotatable bonds is 3. The van der Waals surface area contributed by atoms with Gasteiger partial charge in [-0.05, 0) is 19.3 Å². The molecule has 0 radical (unpaired) electrons. The van der Waals surface area contributed by atoms with Crippen molar-refractivity contribution in [2.75, 3.05) is 7.05 Å². The van der Waals surface area contributed by atoms with Crippen molar-refractivity contribution in [3.63, 3.8) is 0 Å². The topological polar surface area (TPSA) is 70.0 Å². The van der Waals surface area contributed by atoms with Crippen LogP contribution >= 0.6 is 0 Å². The quantitative estimate of drug-likeness (QED) is 0.642. The second kappa shape index (κ2) is 6.00. The molecule has 2 amide bonds. The molecule has 5 nitrogen and oxygen atoms in total. The minimum atomic E-state index is -0.487. The van der Waals surface area contributed by atoms with Gasteiger partial charge < -0.3 is 10.0 Å². The standard InChI is InChI=1S/C16H24N2O3/c1-4-8-12(20)17-14-13(11(19)5-2)15(21)18(3)16(14)9-6-7-10-16/h19H,4-10H2,1-3H3/b13-11-,17-14?. The normalized spacial score (nSPS) is 25.2. The van der Waals surface area contributed by atoms with E-state index < -0.39 is 5.54 Å². The summed E-state index contributed by atoms with van der Waals surface area (Å²) >= 11 is 0. The maximum absolute atomic E-state index is 12.5. The van der Waals surface area contributed by atoms with Crippen LogP contribution in [0.4, 0.5) is 0 Å². The van der Waals surface area contributed by atoms with Gasteiger partial charge in [0.2, 0.25) is 5.91 Å². The second-order valence-electron chi connectivity index (χ2n) is 5.88. The lowest BCUT2D eigenvalue weighted by Gasteiger charge is -2.31. The van der Waals surface area contributed by atoms with E-state index in [1.807, 2.05) is 6.92 Å². The monoisotopic (exact) mass is 292 g/mol. The fraction of sp³-hybridized carbons (Fsp3) is 0.688. The smallest absolute Gasteiger partial charge is 0.259 e. The van der Waals surface area contributed by atoms with E-state index in [-0.39, 0.29) is 23.1 Å². The van der Waals surface area contributed by atoms with Crippen molar-refractivity contribution in [3.8, 4) is 0 Å². The molecule has 2 aliphatic rings. The lowest BCUT2D eigenvalue weighted by Crippen LogP contribution is -2.45. The van der Waals surface area contributed by atoms with E-state index in [4.69, 9.17) is 0 Å². The molecule has 0 aromatic rings. The van der Waals surface area contributed by atoms with Crippen molar-refractivity contribution < 1.29 is 14.7 Å². The highest BCUT2D eigenvalue weighted by Crippen LogP contribution is 2.44. The lowest BCUT2D eigenvalue weighted by molar-refractivity contribution is -0.127. The summed E-state index contributed by atoms with van der Waals surface area (Å²) in [4.78, 5) is 30.4. The van der Waals surface area contributed by atoms with Gasteiger partial charge in [0.1, 0.15) is 11.3 Å². The predicted molar refractivity (Wildman–Crippen MR) is 81.3 cm³/mol. The van der Waals surface area contributed by atoms with Gasteiger partial charge in [0, 0.05) is 19.9 Å². The van der Waals surface area contributed by atoms with Gasteiger partial charge in [0.25, 0.3) is 5.91 Å². The summed E-state index contributed by atoms with van der Waals surface area (Å²) in [7, 11) is 1.75. The second-order valence-corrected chi connectivity index (χ2v) is 5.88. The van der Waals surface area contributed by atoms with Crippen LogP contribution in [0.2, 0.25) is 0 Å². The third-order valence-corrected chi connectivity index (χ3v) is 4.59. The van der Waals surface area contributed by atoms with Crippen LogP contribution in [0.15, 0.2) is 16.3 Å². The van der Waals surface area contributed by atoms with E-state index in [2.05, 4.69) is 4.99 Å². The van der Waals surface area contributed by atoms with E-state index in [1.165, 1.54) is 0 Å². The number of amides is 2. The highest BCUT2D eigenvalue weighted by Gasteiger charge is 2.54. The average Bonchev–Trinajstić information content (AvgIpc) is 3.01. The van der Waals surface area contributed by atoms with Gasteiger partial charge in [-0.2, -0.15) is 0 Å². The fourth-order valence-corrected chi connectivity index (χ4v) is 3.38. The van der Waals surface area contributed by atoms with E-state index in [9.17, 15) is 14.7 Å². The van der Waals surface area contributed by atoms with Crippen LogP contribution < -0.4 is 0 Å². The first kappa shape index (κ1) is 15.7. The number of carbonyl (C=O) groups is 2. The van der Waals surface area contributed by atoms with Crippen molar-refractivity contribution in [1.82, 2.24) is 4.90 Å². The Morgan fingerprint density at radius 1 is 1.33 bits per heavy atom. The van der Waals surface area contributed by atoms with Gasteiger partial charge in [-0.15, -0.1) is 0 Å². The zero-order chi connectivity index (χ0) is 15.6. The third kappa shape index (κ3) is 2.49. The molecule has 5 heteroatoms. The van der Waals surface area contributed by atoms with Crippen molar-refractivity contribution in [1.29, 1.82) is 0 Å².